The van der Waals surface area contributed by atoms with E-state index in [1.807, 2.05) is 23.6 Å². The summed E-state index contributed by atoms with van der Waals surface area (Å²) in [5.41, 5.74) is 2.63. The second-order valence-corrected chi connectivity index (χ2v) is 3.55. The van der Waals surface area contributed by atoms with Crippen molar-refractivity contribution in [3.8, 4) is 6.07 Å². The van der Waals surface area contributed by atoms with Gasteiger partial charge in [-0.05, 0) is 18.6 Å². The molecule has 0 saturated carbocycles. The van der Waals surface area contributed by atoms with Crippen LogP contribution >= 0.6 is 11.6 Å². The van der Waals surface area contributed by atoms with Crippen LogP contribution in [-0.4, -0.2) is 9.38 Å². The fourth-order valence-corrected chi connectivity index (χ4v) is 1.75. The first-order valence-corrected chi connectivity index (χ1v) is 4.59. The zero-order valence-electron chi connectivity index (χ0n) is 7.66. The van der Waals surface area contributed by atoms with Crippen molar-refractivity contribution >= 4 is 17.2 Å². The minimum absolute atomic E-state index is 0.348. The highest BCUT2D eigenvalue weighted by molar-refractivity contribution is 6.33. The highest BCUT2D eigenvalue weighted by Gasteiger charge is 2.06. The average molecular weight is 206 g/mol. The highest BCUT2D eigenvalue weighted by Crippen LogP contribution is 2.19. The topological polar surface area (TPSA) is 41.1 Å². The zero-order chi connectivity index (χ0) is 10.1. The Bertz CT molecular complexity index is 522. The van der Waals surface area contributed by atoms with Crippen LogP contribution in [0.1, 0.15) is 11.3 Å². The van der Waals surface area contributed by atoms with Gasteiger partial charge in [-0.25, -0.2) is 4.98 Å². The van der Waals surface area contributed by atoms with Crippen molar-refractivity contribution in [2.45, 2.75) is 13.3 Å². The predicted molar refractivity (Wildman–Crippen MR) is 54.3 cm³/mol. The molecule has 0 atom stereocenters. The highest BCUT2D eigenvalue weighted by atomic mass is 35.5. The van der Waals surface area contributed by atoms with Crippen molar-refractivity contribution in [2.24, 2.45) is 0 Å². The maximum Gasteiger partial charge on any atom is 0.155 e. The summed E-state index contributed by atoms with van der Waals surface area (Å²) in [5.74, 6) is 0. The lowest BCUT2D eigenvalue weighted by Gasteiger charge is -2.01. The average Bonchev–Trinajstić information content (AvgIpc) is 2.49. The van der Waals surface area contributed by atoms with E-state index in [0.29, 0.717) is 17.1 Å². The van der Waals surface area contributed by atoms with E-state index in [1.54, 1.807) is 6.20 Å². The van der Waals surface area contributed by atoms with E-state index in [4.69, 9.17) is 16.9 Å². The SMILES string of the molecule is Cc1cc(Cl)c2ncc(CC#N)n2c1. The summed E-state index contributed by atoms with van der Waals surface area (Å²) < 4.78 is 1.86. The smallest absolute Gasteiger partial charge is 0.155 e. The van der Waals surface area contributed by atoms with Gasteiger partial charge in [-0.15, -0.1) is 0 Å². The molecule has 2 rings (SSSR count). The molecule has 0 saturated heterocycles. The Kier molecular flexibility index (Phi) is 2.14. The van der Waals surface area contributed by atoms with Crippen LogP contribution in [0.5, 0.6) is 0 Å². The van der Waals surface area contributed by atoms with E-state index in [2.05, 4.69) is 11.1 Å². The molecule has 0 unspecified atom stereocenters. The summed E-state index contributed by atoms with van der Waals surface area (Å²) in [4.78, 5) is 4.16. The standard InChI is InChI=1S/C10H8ClN3/c1-7-4-9(11)10-13-5-8(2-3-12)14(10)6-7/h4-6H,2H2,1H3. The normalized spacial score (nSPS) is 10.4. The second-order valence-electron chi connectivity index (χ2n) is 3.14. The Morgan fingerprint density at radius 2 is 2.43 bits per heavy atom. The summed E-state index contributed by atoms with van der Waals surface area (Å²) in [7, 11) is 0. The van der Waals surface area contributed by atoms with Crippen molar-refractivity contribution < 1.29 is 0 Å². The molecule has 0 amide bonds. The number of aromatic nitrogens is 2. The van der Waals surface area contributed by atoms with Gasteiger partial charge in [0.1, 0.15) is 0 Å². The summed E-state index contributed by atoms with van der Waals surface area (Å²) in [5, 5.41) is 9.23. The third kappa shape index (κ3) is 1.34. The van der Waals surface area contributed by atoms with Gasteiger partial charge < -0.3 is 4.40 Å². The number of nitrogens with zero attached hydrogens (tertiary/aromatic N) is 3. The van der Waals surface area contributed by atoms with Crippen molar-refractivity contribution in [3.05, 3.63) is 34.7 Å². The van der Waals surface area contributed by atoms with Gasteiger partial charge in [-0.1, -0.05) is 11.6 Å². The quantitative estimate of drug-likeness (QED) is 0.717. The third-order valence-electron chi connectivity index (χ3n) is 2.03. The molecule has 0 aromatic carbocycles. The van der Waals surface area contributed by atoms with Crippen molar-refractivity contribution in [1.82, 2.24) is 9.38 Å². The Labute approximate surface area is 86.6 Å². The van der Waals surface area contributed by atoms with Gasteiger partial charge in [0.2, 0.25) is 0 Å². The molecule has 2 aromatic heterocycles. The molecule has 0 bridgehead atoms. The van der Waals surface area contributed by atoms with Crippen LogP contribution in [0.3, 0.4) is 0 Å². The molecule has 0 spiro atoms. The third-order valence-corrected chi connectivity index (χ3v) is 2.31. The largest absolute Gasteiger partial charge is 0.302 e. The van der Waals surface area contributed by atoms with Crippen LogP contribution in [0.25, 0.3) is 5.65 Å². The minimum atomic E-state index is 0.348. The molecule has 0 fully saturated rings. The number of nitriles is 1. The van der Waals surface area contributed by atoms with Gasteiger partial charge >= 0.3 is 0 Å². The van der Waals surface area contributed by atoms with E-state index in [9.17, 15) is 0 Å². The Hall–Kier alpha value is -1.53. The van der Waals surface area contributed by atoms with Crippen LogP contribution in [0.2, 0.25) is 5.02 Å². The number of rotatable bonds is 1. The molecule has 0 radical (unpaired) electrons. The second kappa shape index (κ2) is 3.32. The maximum absolute atomic E-state index is 8.61. The Morgan fingerprint density at radius 1 is 1.64 bits per heavy atom. The van der Waals surface area contributed by atoms with Gasteiger partial charge in [0, 0.05) is 6.20 Å². The lowest BCUT2D eigenvalue weighted by Crippen LogP contribution is -1.92. The lowest BCUT2D eigenvalue weighted by atomic mass is 10.3. The first kappa shape index (κ1) is 9.04. The molecular weight excluding hydrogens is 198 g/mol. The van der Waals surface area contributed by atoms with Crippen LogP contribution in [0.15, 0.2) is 18.5 Å². The minimum Gasteiger partial charge on any atom is -0.302 e. The van der Waals surface area contributed by atoms with Crippen LogP contribution in [0, 0.1) is 18.3 Å². The fourth-order valence-electron chi connectivity index (χ4n) is 1.43. The molecule has 0 N–H and O–H groups in total. The molecule has 2 heterocycles. The van der Waals surface area contributed by atoms with Crippen molar-refractivity contribution in [1.29, 1.82) is 5.26 Å². The number of hydrogen-bond donors (Lipinski definition) is 0. The van der Waals surface area contributed by atoms with Gasteiger partial charge in [0.25, 0.3) is 0 Å². The molecule has 0 aliphatic heterocycles. The molecule has 14 heavy (non-hydrogen) atoms. The molecule has 0 aliphatic rings. The molecule has 3 nitrogen and oxygen atoms in total. The van der Waals surface area contributed by atoms with Crippen molar-refractivity contribution in [3.63, 3.8) is 0 Å². The monoisotopic (exact) mass is 205 g/mol. The van der Waals surface area contributed by atoms with Crippen LogP contribution < -0.4 is 0 Å². The summed E-state index contributed by atoms with van der Waals surface area (Å²) >= 11 is 6.01. The maximum atomic E-state index is 8.61. The van der Waals surface area contributed by atoms with Gasteiger partial charge in [-0.3, -0.25) is 0 Å². The molecule has 2 aromatic rings. The van der Waals surface area contributed by atoms with E-state index in [1.165, 1.54) is 0 Å². The predicted octanol–water partition coefficient (Wildman–Crippen LogP) is 2.36. The molecular formula is C10H8ClN3. The summed E-state index contributed by atoms with van der Waals surface area (Å²) in [6.45, 7) is 1.96. The number of imidazole rings is 1. The molecule has 70 valence electrons. The van der Waals surface area contributed by atoms with Crippen molar-refractivity contribution in [2.75, 3.05) is 0 Å². The van der Waals surface area contributed by atoms with Gasteiger partial charge in [0.15, 0.2) is 5.65 Å². The van der Waals surface area contributed by atoms with Gasteiger partial charge in [0.05, 0.1) is 29.4 Å². The van der Waals surface area contributed by atoms with Crippen LogP contribution in [-0.2, 0) is 6.42 Å². The van der Waals surface area contributed by atoms with E-state index < -0.39 is 0 Å². The lowest BCUT2D eigenvalue weighted by molar-refractivity contribution is 1.04. The summed E-state index contributed by atoms with van der Waals surface area (Å²) in [6, 6.07) is 3.96. The molecule has 4 heteroatoms. The summed E-state index contributed by atoms with van der Waals surface area (Å²) in [6.07, 6.45) is 3.96. The zero-order valence-corrected chi connectivity index (χ0v) is 8.41. The number of halogens is 1. The van der Waals surface area contributed by atoms with E-state index >= 15 is 0 Å². The number of hydrogen-bond acceptors (Lipinski definition) is 2. The van der Waals surface area contributed by atoms with Crippen LogP contribution in [0.4, 0.5) is 0 Å². The van der Waals surface area contributed by atoms with Gasteiger partial charge in [-0.2, -0.15) is 5.26 Å². The first-order chi connectivity index (χ1) is 6.72. The number of fused-ring (bicyclic) bond motifs is 1. The fraction of sp³-hybridized carbons (Fsp3) is 0.200. The Balaban J connectivity index is 2.73. The number of aryl methyl sites for hydroxylation is 1. The van der Waals surface area contributed by atoms with E-state index in [0.717, 1.165) is 11.3 Å². The molecule has 0 aliphatic carbocycles. The Morgan fingerprint density at radius 3 is 3.14 bits per heavy atom. The van der Waals surface area contributed by atoms with E-state index in [-0.39, 0.29) is 0 Å². The first-order valence-electron chi connectivity index (χ1n) is 4.21. The number of pyridine rings is 1.